The van der Waals surface area contributed by atoms with Crippen LogP contribution in [0.15, 0.2) is 45.0 Å². The van der Waals surface area contributed by atoms with Crippen molar-refractivity contribution in [2.24, 2.45) is 0 Å². The molecule has 1 N–H and O–H groups in total. The molecule has 0 spiro atoms. The highest BCUT2D eigenvalue weighted by Crippen LogP contribution is 2.23. The van der Waals surface area contributed by atoms with Crippen LogP contribution in [0.3, 0.4) is 0 Å². The monoisotopic (exact) mass is 352 g/mol. The summed E-state index contributed by atoms with van der Waals surface area (Å²) in [4.78, 5) is 16.0. The number of hydrogen-bond acceptors (Lipinski definition) is 5. The Bertz CT molecular complexity index is 719. The van der Waals surface area contributed by atoms with Gasteiger partial charge in [-0.25, -0.2) is 4.98 Å². The van der Waals surface area contributed by atoms with Gasteiger partial charge in [-0.15, -0.1) is 0 Å². The SMILES string of the molecule is O=C(Nc1ncc(Br)s1)c1ccc(Cn2cccn2)o1. The third kappa shape index (κ3) is 2.97. The normalized spacial score (nSPS) is 10.7. The van der Waals surface area contributed by atoms with E-state index in [1.807, 2.05) is 12.3 Å². The molecule has 0 aliphatic rings. The lowest BCUT2D eigenvalue weighted by Gasteiger charge is -1.99. The fourth-order valence-electron chi connectivity index (χ4n) is 1.61. The van der Waals surface area contributed by atoms with Gasteiger partial charge in [0, 0.05) is 12.4 Å². The van der Waals surface area contributed by atoms with Crippen LogP contribution < -0.4 is 5.32 Å². The second-order valence-electron chi connectivity index (χ2n) is 3.89. The summed E-state index contributed by atoms with van der Waals surface area (Å²) in [6, 6.07) is 5.22. The first-order valence-electron chi connectivity index (χ1n) is 5.69. The molecule has 0 saturated heterocycles. The van der Waals surface area contributed by atoms with Gasteiger partial charge in [-0.3, -0.25) is 14.8 Å². The molecule has 0 aliphatic heterocycles. The molecule has 8 heteroatoms. The fraction of sp³-hybridized carbons (Fsp3) is 0.0833. The van der Waals surface area contributed by atoms with Gasteiger partial charge in [0.25, 0.3) is 5.91 Å². The third-order valence-corrected chi connectivity index (χ3v) is 3.85. The Kier molecular flexibility index (Phi) is 3.66. The summed E-state index contributed by atoms with van der Waals surface area (Å²) >= 11 is 4.63. The Labute approximate surface area is 126 Å². The maximum atomic E-state index is 12.0. The lowest BCUT2D eigenvalue weighted by atomic mass is 10.4. The van der Waals surface area contributed by atoms with Gasteiger partial charge >= 0.3 is 0 Å². The molecule has 0 aliphatic carbocycles. The number of amides is 1. The van der Waals surface area contributed by atoms with Crippen LogP contribution in [0.5, 0.6) is 0 Å². The van der Waals surface area contributed by atoms with Crippen LogP contribution in [-0.2, 0) is 6.54 Å². The Morgan fingerprint density at radius 1 is 1.50 bits per heavy atom. The molecule has 6 nitrogen and oxygen atoms in total. The number of carbonyl (C=O) groups excluding carboxylic acids is 1. The van der Waals surface area contributed by atoms with Crippen molar-refractivity contribution in [3.8, 4) is 0 Å². The molecule has 0 aromatic carbocycles. The molecule has 3 rings (SSSR count). The standard InChI is InChI=1S/C12H9BrN4O2S/c13-10-6-14-12(20-10)16-11(18)9-3-2-8(19-9)7-17-5-1-4-15-17/h1-6H,7H2,(H,14,16,18). The molecule has 0 saturated carbocycles. The van der Waals surface area contributed by atoms with Crippen molar-refractivity contribution in [1.29, 1.82) is 0 Å². The minimum Gasteiger partial charge on any atom is -0.454 e. The van der Waals surface area contributed by atoms with Crippen LogP contribution in [-0.4, -0.2) is 20.7 Å². The summed E-state index contributed by atoms with van der Waals surface area (Å²) < 4.78 is 8.06. The average molecular weight is 353 g/mol. The minimum atomic E-state index is -0.321. The Morgan fingerprint density at radius 2 is 2.40 bits per heavy atom. The van der Waals surface area contributed by atoms with Crippen LogP contribution in [0, 0.1) is 0 Å². The number of rotatable bonds is 4. The van der Waals surface area contributed by atoms with Gasteiger partial charge in [-0.05, 0) is 34.1 Å². The molecule has 0 fully saturated rings. The van der Waals surface area contributed by atoms with Crippen LogP contribution in [0.2, 0.25) is 0 Å². The number of thiazole rings is 1. The first-order chi connectivity index (χ1) is 9.70. The van der Waals surface area contributed by atoms with E-state index in [2.05, 4.69) is 31.3 Å². The number of aromatic nitrogens is 3. The van der Waals surface area contributed by atoms with Crippen LogP contribution in [0.25, 0.3) is 0 Å². The smallest absolute Gasteiger partial charge is 0.293 e. The Morgan fingerprint density at radius 3 is 3.10 bits per heavy atom. The molecule has 0 atom stereocenters. The third-order valence-electron chi connectivity index (χ3n) is 2.46. The number of anilines is 1. The molecule has 3 aromatic heterocycles. The first-order valence-corrected chi connectivity index (χ1v) is 7.30. The largest absolute Gasteiger partial charge is 0.454 e. The van der Waals surface area contributed by atoms with Crippen LogP contribution in [0.4, 0.5) is 5.13 Å². The van der Waals surface area contributed by atoms with E-state index in [9.17, 15) is 4.79 Å². The molecule has 3 heterocycles. The molecular formula is C12H9BrN4O2S. The minimum absolute atomic E-state index is 0.249. The summed E-state index contributed by atoms with van der Waals surface area (Å²) in [7, 11) is 0. The topological polar surface area (TPSA) is 73.0 Å². The number of carbonyl (C=O) groups is 1. The molecule has 20 heavy (non-hydrogen) atoms. The summed E-state index contributed by atoms with van der Waals surface area (Å²) in [5.74, 6) is 0.594. The van der Waals surface area contributed by atoms with Crippen LogP contribution >= 0.6 is 27.3 Å². The number of nitrogens with zero attached hydrogens (tertiary/aromatic N) is 3. The van der Waals surface area contributed by atoms with E-state index in [0.717, 1.165) is 3.79 Å². The molecule has 3 aromatic rings. The van der Waals surface area contributed by atoms with E-state index in [4.69, 9.17) is 4.42 Å². The van der Waals surface area contributed by atoms with Gasteiger partial charge in [0.15, 0.2) is 10.9 Å². The van der Waals surface area contributed by atoms with E-state index in [-0.39, 0.29) is 11.7 Å². The molecule has 102 valence electrons. The van der Waals surface area contributed by atoms with E-state index < -0.39 is 0 Å². The quantitative estimate of drug-likeness (QED) is 0.783. The zero-order chi connectivity index (χ0) is 13.9. The van der Waals surface area contributed by atoms with Crippen molar-refractivity contribution in [1.82, 2.24) is 14.8 Å². The van der Waals surface area contributed by atoms with Gasteiger partial charge in [-0.2, -0.15) is 5.10 Å². The molecule has 0 bridgehead atoms. The number of halogens is 1. The van der Waals surface area contributed by atoms with Crippen LogP contribution in [0.1, 0.15) is 16.3 Å². The average Bonchev–Trinajstić information content (AvgIpc) is 3.12. The van der Waals surface area contributed by atoms with E-state index >= 15 is 0 Å². The first kappa shape index (κ1) is 13.1. The number of furan rings is 1. The lowest BCUT2D eigenvalue weighted by molar-refractivity contribution is 0.0994. The molecule has 0 unspecified atom stereocenters. The van der Waals surface area contributed by atoms with E-state index in [1.165, 1.54) is 11.3 Å². The summed E-state index contributed by atoms with van der Waals surface area (Å²) in [5.41, 5.74) is 0. The highest BCUT2D eigenvalue weighted by Gasteiger charge is 2.13. The maximum Gasteiger partial charge on any atom is 0.293 e. The van der Waals surface area contributed by atoms with Gasteiger partial charge in [0.1, 0.15) is 5.76 Å². The van der Waals surface area contributed by atoms with Gasteiger partial charge in [-0.1, -0.05) is 11.3 Å². The Balaban J connectivity index is 1.68. The fourth-order valence-corrected chi connectivity index (χ4v) is 2.71. The van der Waals surface area contributed by atoms with Crippen molar-refractivity contribution in [3.05, 3.63) is 52.1 Å². The zero-order valence-corrected chi connectivity index (χ0v) is 12.5. The predicted octanol–water partition coefficient (Wildman–Crippen LogP) is 3.00. The van der Waals surface area contributed by atoms with Crippen molar-refractivity contribution in [2.75, 3.05) is 5.32 Å². The van der Waals surface area contributed by atoms with E-state index in [1.54, 1.807) is 29.2 Å². The highest BCUT2D eigenvalue weighted by atomic mass is 79.9. The predicted molar refractivity (Wildman–Crippen MR) is 77.8 cm³/mol. The van der Waals surface area contributed by atoms with Gasteiger partial charge < -0.3 is 4.42 Å². The molecule has 0 radical (unpaired) electrons. The maximum absolute atomic E-state index is 12.0. The number of nitrogens with one attached hydrogen (secondary N) is 1. The second kappa shape index (κ2) is 5.59. The van der Waals surface area contributed by atoms with Crippen molar-refractivity contribution >= 4 is 38.3 Å². The van der Waals surface area contributed by atoms with Crippen molar-refractivity contribution in [2.45, 2.75) is 6.54 Å². The van der Waals surface area contributed by atoms with Gasteiger partial charge in [0.2, 0.25) is 0 Å². The van der Waals surface area contributed by atoms with E-state index in [0.29, 0.717) is 17.4 Å². The summed E-state index contributed by atoms with van der Waals surface area (Å²) in [6.45, 7) is 0.489. The van der Waals surface area contributed by atoms with Crippen molar-refractivity contribution < 1.29 is 9.21 Å². The van der Waals surface area contributed by atoms with Gasteiger partial charge in [0.05, 0.1) is 16.5 Å². The number of hydrogen-bond donors (Lipinski definition) is 1. The summed E-state index contributed by atoms with van der Waals surface area (Å²) in [6.07, 6.45) is 5.15. The molecule has 1 amide bonds. The second-order valence-corrected chi connectivity index (χ2v) is 6.30. The summed E-state index contributed by atoms with van der Waals surface area (Å²) in [5, 5.41) is 7.27. The highest BCUT2D eigenvalue weighted by molar-refractivity contribution is 9.11. The van der Waals surface area contributed by atoms with Crippen molar-refractivity contribution in [3.63, 3.8) is 0 Å². The lowest BCUT2D eigenvalue weighted by Crippen LogP contribution is -2.10. The zero-order valence-electron chi connectivity index (χ0n) is 10.1. The Hall–Kier alpha value is -1.93. The molecular weight excluding hydrogens is 344 g/mol.